The maximum Gasteiger partial charge on any atom is 3.00 e. The SMILES string of the molecule is C/C1=C2N=C(/C=C3N=C(/C(C)=C4\[N-][C@@](C)([C@@H]5N=C1[C@](C)(CCC(=O)NCC(C)OP(=O)([O-])O[C@H]1[C@@H](O)[C@@H](n6cnc7cc(C)c(C)cc76)O[C@@H]1CO)[C@H]5CC(N)=O)[C@@](C)(CC(N)=O)[C@@H]4CCC(N)=O)[C@@](C)(CC(N)=O)[C@@H]\3CCC(N)=O)C(C)(C)[C@@H]/2CCC(N)=O.C=C(C)C(=O)O.[C-]#N.[Co+3]. The first kappa shape index (κ1) is 81.9. The summed E-state index contributed by atoms with van der Waals surface area (Å²) in [6.07, 6.45) is -4.79. The number of imidazole rings is 1. The molecule has 1 aromatic heterocycles. The number of nitrogens with one attached hydrogen (secondary N) is 1. The summed E-state index contributed by atoms with van der Waals surface area (Å²) in [6.45, 7) is 28.3. The van der Waals surface area contributed by atoms with Gasteiger partial charge in [-0.25, -0.2) is 9.78 Å². The first-order valence-electron chi connectivity index (χ1n) is 32.2. The fourth-order valence-electron chi connectivity index (χ4n) is 15.3. The maximum absolute atomic E-state index is 14.4. The molecule has 6 aliphatic heterocycles. The number of carbonyl (C=O) groups excluding carboxylic acids is 7. The number of aliphatic hydroxyl groups excluding tert-OH is 2. The fourth-order valence-corrected chi connectivity index (χ4v) is 16.4. The van der Waals surface area contributed by atoms with Crippen LogP contribution < -0.4 is 44.6 Å². The van der Waals surface area contributed by atoms with Gasteiger partial charge in [0.2, 0.25) is 41.4 Å². The number of benzene rings is 1. The number of rotatable bonds is 27. The second kappa shape index (κ2) is 31.8. The number of nitrogens with two attached hydrogens (primary N) is 6. The number of amides is 7. The van der Waals surface area contributed by atoms with E-state index >= 15 is 0 Å². The molecule has 7 amide bonds. The number of hydrogen-bond donors (Lipinski definition) is 10. The minimum atomic E-state index is -5.32. The van der Waals surface area contributed by atoms with Gasteiger partial charge in [0.1, 0.15) is 18.3 Å². The molecule has 1 aromatic carbocycles. The van der Waals surface area contributed by atoms with Crippen LogP contribution in [0.3, 0.4) is 0 Å². The van der Waals surface area contributed by atoms with Gasteiger partial charge in [0.25, 0.3) is 7.82 Å². The standard InChI is InChI=1S/C62H90N13O14P.C4H6O2.CN.Co/c1-29-20-39-40(21-30(29)2)75(28-70-39)57-52(84)53(41(27-76)87-57)89-90(85,86)88-31(3)26-69-49(83)18-19-59(8)37(22-46(66)80)56-62(11)61(10,25-48(68)82)36(14-17-45(65)79)51(74-62)33(5)55-60(9,24-47(67)81)34(12-15-43(63)77)38(71-55)23-42-58(6,7)35(13-16-44(64)78)50(72-42)32(4)54(59)73-56;1-3(2)4(5)6;1-2;/h20-21,23,28,31,34-37,41,52-53,56-57,76,84H,12-19,22,24-27H2,1-11H3,(H15,63,64,65,66,67,68,69,71,72,73,74,77,78,79,80,81,82,83,85,86);1H2,2H3,(H,5,6);;/q;;-1;+3/p-2/t31?,34-,35-,36-,37+,41-,52-,53-,56-,57+,59-,60+,61+,62+;;;/m1.../s1. The Bertz CT molecular complexity index is 3810. The number of primary amides is 6. The number of aliphatic carboxylic acids is 1. The van der Waals surface area contributed by atoms with Crippen molar-refractivity contribution in [2.45, 2.75) is 196 Å². The summed E-state index contributed by atoms with van der Waals surface area (Å²) in [5.41, 5.74) is 36.8. The van der Waals surface area contributed by atoms with E-state index < -0.39 is 149 Å². The number of aliphatic hydroxyl groups is 2. The third kappa shape index (κ3) is 17.0. The van der Waals surface area contributed by atoms with Crippen molar-refractivity contribution in [3.63, 3.8) is 0 Å². The molecule has 0 saturated carbocycles. The molecular weight excluding hydrogens is 1350 g/mol. The molecule has 16 N–H and O–H groups in total. The third-order valence-corrected chi connectivity index (χ3v) is 22.0. The maximum atomic E-state index is 14.4. The Morgan fingerprint density at radius 2 is 1.37 bits per heavy atom. The number of aliphatic imine (C=N–C) groups is 3. The summed E-state index contributed by atoms with van der Waals surface area (Å²) in [6, 6.07) is 2.65. The van der Waals surface area contributed by atoms with E-state index in [-0.39, 0.29) is 99.5 Å². The molecule has 8 bridgehead atoms. The Labute approximate surface area is 586 Å². The first-order chi connectivity index (χ1) is 45.5. The summed E-state index contributed by atoms with van der Waals surface area (Å²) >= 11 is 0. The van der Waals surface area contributed by atoms with Gasteiger partial charge >= 0.3 is 22.7 Å². The number of allylic oxidation sites excluding steroid dienone is 6. The second-order valence-corrected chi connectivity index (χ2v) is 29.4. The van der Waals surface area contributed by atoms with Crippen molar-refractivity contribution in [1.29, 1.82) is 5.26 Å². The van der Waals surface area contributed by atoms with E-state index in [4.69, 9.17) is 85.4 Å². The van der Waals surface area contributed by atoms with E-state index in [9.17, 15) is 58.0 Å². The molecule has 15 atom stereocenters. The van der Waals surface area contributed by atoms with Crippen LogP contribution in [0.1, 0.15) is 157 Å². The number of carboxylic acids is 1. The van der Waals surface area contributed by atoms with Crippen molar-refractivity contribution >= 4 is 83.3 Å². The quantitative estimate of drug-likeness (QED) is 0.0342. The number of carbonyl (C=O) groups is 8. The van der Waals surface area contributed by atoms with Gasteiger partial charge in [0.05, 0.1) is 30.1 Å². The second-order valence-electron chi connectivity index (χ2n) is 28.1. The number of fused-ring (bicyclic) bond motifs is 7. The zero-order chi connectivity index (χ0) is 73.9. The minimum Gasteiger partial charge on any atom is -0.756 e. The smallest absolute Gasteiger partial charge is 0.756 e. The molecule has 0 radical (unpaired) electrons. The summed E-state index contributed by atoms with van der Waals surface area (Å²) < 4.78 is 31.9. The molecule has 8 rings (SSSR count). The summed E-state index contributed by atoms with van der Waals surface area (Å²) in [7, 11) is -5.32. The number of phosphoric ester groups is 1. The summed E-state index contributed by atoms with van der Waals surface area (Å²) in [5.74, 6) is -8.34. The number of carboxylic acid groups (broad SMARTS) is 1. The number of ether oxygens (including phenoxy) is 1. The van der Waals surface area contributed by atoms with Crippen LogP contribution in [0.25, 0.3) is 16.4 Å². The van der Waals surface area contributed by atoms with Crippen LogP contribution in [0.2, 0.25) is 0 Å². The van der Waals surface area contributed by atoms with E-state index in [1.165, 1.54) is 24.7 Å². The Hall–Kier alpha value is -7.79. The molecule has 99 heavy (non-hydrogen) atoms. The van der Waals surface area contributed by atoms with E-state index in [1.54, 1.807) is 6.92 Å². The molecule has 2 saturated heterocycles. The van der Waals surface area contributed by atoms with Gasteiger partial charge < -0.3 is 95.4 Å². The van der Waals surface area contributed by atoms with Crippen LogP contribution in [-0.2, 0) is 73.5 Å². The van der Waals surface area contributed by atoms with E-state index in [0.29, 0.717) is 56.4 Å². The Kier molecular flexibility index (Phi) is 26.3. The zero-order valence-corrected chi connectivity index (χ0v) is 59.9. The average molecular weight is 1440 g/mol. The zero-order valence-electron chi connectivity index (χ0n) is 58.0. The van der Waals surface area contributed by atoms with Crippen LogP contribution >= 0.6 is 7.82 Å². The molecule has 6 aliphatic rings. The number of aryl methyl sites for hydroxylation is 2. The Morgan fingerprint density at radius 3 is 1.91 bits per heavy atom. The van der Waals surface area contributed by atoms with Crippen molar-refractivity contribution in [2.75, 3.05) is 13.2 Å². The molecule has 0 aliphatic carbocycles. The van der Waals surface area contributed by atoms with Gasteiger partial charge in [-0.3, -0.25) is 53.1 Å². The number of aromatic nitrogens is 2. The predicted molar refractivity (Wildman–Crippen MR) is 359 cm³/mol. The van der Waals surface area contributed by atoms with Gasteiger partial charge in [-0.15, -0.1) is 0 Å². The van der Waals surface area contributed by atoms with Gasteiger partial charge in [-0.05, 0) is 125 Å². The molecule has 2 unspecified atom stereocenters. The van der Waals surface area contributed by atoms with Crippen molar-refractivity contribution in [3.05, 3.63) is 87.9 Å². The molecule has 30 nitrogen and oxygen atoms in total. The summed E-state index contributed by atoms with van der Waals surface area (Å²) in [5, 5.41) is 44.3. The molecule has 2 aromatic rings. The number of nitrogens with zero attached hydrogens (tertiary/aromatic N) is 7. The van der Waals surface area contributed by atoms with Crippen molar-refractivity contribution < 1.29 is 93.7 Å². The molecular formula is C67H94CoN14O16P. The van der Waals surface area contributed by atoms with Crippen LogP contribution in [0.5, 0.6) is 0 Å². The van der Waals surface area contributed by atoms with E-state index in [1.807, 2.05) is 80.5 Å². The summed E-state index contributed by atoms with van der Waals surface area (Å²) in [4.78, 5) is 137. The monoisotopic (exact) mass is 1440 g/mol. The Balaban J connectivity index is 0.00000186. The number of phosphoric acid groups is 1. The van der Waals surface area contributed by atoms with Crippen molar-refractivity contribution in [3.8, 4) is 0 Å². The average Bonchev–Trinajstić information content (AvgIpc) is 1.53. The fraction of sp³-hybridized carbons (Fsp3) is 0.597. The van der Waals surface area contributed by atoms with Gasteiger partial charge in [0.15, 0.2) is 6.23 Å². The van der Waals surface area contributed by atoms with Crippen LogP contribution in [0.4, 0.5) is 0 Å². The van der Waals surface area contributed by atoms with Crippen LogP contribution in [-0.4, -0.2) is 138 Å². The molecule has 542 valence electrons. The van der Waals surface area contributed by atoms with Crippen molar-refractivity contribution in [2.24, 2.45) is 94.7 Å². The molecule has 7 heterocycles. The largest absolute Gasteiger partial charge is 3.00 e. The van der Waals surface area contributed by atoms with Gasteiger partial charge in [-0.1, -0.05) is 53.7 Å². The first-order valence-corrected chi connectivity index (χ1v) is 33.7. The van der Waals surface area contributed by atoms with E-state index in [0.717, 1.165) is 11.1 Å². The normalized spacial score (nSPS) is 31.6. The van der Waals surface area contributed by atoms with Crippen LogP contribution in [0, 0.1) is 71.0 Å². The Morgan fingerprint density at radius 1 is 0.818 bits per heavy atom. The minimum absolute atomic E-state index is 0. The third-order valence-electron chi connectivity index (χ3n) is 20.8. The topological polar surface area (TPSA) is 526 Å². The van der Waals surface area contributed by atoms with E-state index in [2.05, 4.69) is 16.9 Å². The van der Waals surface area contributed by atoms with Gasteiger partial charge in [0, 0.05) is 120 Å². The molecule has 0 spiro atoms. The van der Waals surface area contributed by atoms with Gasteiger partial charge in [-0.2, -0.15) is 5.70 Å². The molecule has 2 fully saturated rings. The molecule has 32 heteroatoms. The van der Waals surface area contributed by atoms with Crippen LogP contribution in [0.15, 0.2) is 79.9 Å². The predicted octanol–water partition coefficient (Wildman–Crippen LogP) is 4.06. The number of hydrogen-bond acceptors (Lipinski definition) is 20. The van der Waals surface area contributed by atoms with Crippen molar-refractivity contribution in [1.82, 2.24) is 14.9 Å².